The number of nitrogens with zero attached hydrogens (tertiary/aromatic N) is 1. The molecule has 3 heteroatoms. The first-order chi connectivity index (χ1) is 8.19. The van der Waals surface area contributed by atoms with Crippen molar-refractivity contribution in [2.45, 2.75) is 20.3 Å². The molecular weight excluding hydrogens is 212 g/mol. The Hall–Kier alpha value is -2.08. The minimum Gasteiger partial charge on any atom is -0.384 e. The number of rotatable bonds is 5. The van der Waals surface area contributed by atoms with Crippen LogP contribution < -0.4 is 5.32 Å². The molecule has 0 aliphatic heterocycles. The molecule has 0 heterocycles. The largest absolute Gasteiger partial charge is 0.384 e. The second kappa shape index (κ2) is 6.49. The minimum absolute atomic E-state index is 0.00555. The van der Waals surface area contributed by atoms with Crippen LogP contribution in [0.4, 0.5) is 5.69 Å². The van der Waals surface area contributed by atoms with Gasteiger partial charge in [0, 0.05) is 12.1 Å². The standard InChI is InChI=1S/C14H16N2O/c1-3-4-5-8-16-14-9-12(11(2)17)6-7-13(14)10-15/h3-4,6-7,9,16H,5,8H2,1-2H3/b4-3+. The molecule has 0 aliphatic rings. The maximum Gasteiger partial charge on any atom is 0.159 e. The first-order valence-electron chi connectivity index (χ1n) is 5.59. The molecule has 1 N–H and O–H groups in total. The number of hydrogen-bond acceptors (Lipinski definition) is 3. The van der Waals surface area contributed by atoms with Crippen molar-refractivity contribution in [1.82, 2.24) is 0 Å². The Labute approximate surface area is 102 Å². The van der Waals surface area contributed by atoms with Crippen LogP contribution in [0.3, 0.4) is 0 Å². The number of anilines is 1. The van der Waals surface area contributed by atoms with Gasteiger partial charge in [-0.1, -0.05) is 12.2 Å². The van der Waals surface area contributed by atoms with E-state index in [0.717, 1.165) is 18.7 Å². The van der Waals surface area contributed by atoms with Crippen molar-refractivity contribution in [2.24, 2.45) is 0 Å². The van der Waals surface area contributed by atoms with Gasteiger partial charge < -0.3 is 5.32 Å². The van der Waals surface area contributed by atoms with E-state index in [2.05, 4.69) is 11.4 Å². The predicted molar refractivity (Wildman–Crippen MR) is 69.1 cm³/mol. The Kier molecular flexibility index (Phi) is 4.96. The molecule has 0 amide bonds. The molecule has 0 fully saturated rings. The molecule has 0 saturated carbocycles. The van der Waals surface area contributed by atoms with E-state index in [-0.39, 0.29) is 5.78 Å². The van der Waals surface area contributed by atoms with E-state index in [0.29, 0.717) is 11.1 Å². The summed E-state index contributed by atoms with van der Waals surface area (Å²) >= 11 is 0. The maximum atomic E-state index is 11.3. The van der Waals surface area contributed by atoms with Crippen LogP contribution in [0.1, 0.15) is 36.2 Å². The summed E-state index contributed by atoms with van der Waals surface area (Å²) in [6.07, 6.45) is 4.93. The third kappa shape index (κ3) is 3.76. The van der Waals surface area contributed by atoms with E-state index in [1.54, 1.807) is 18.2 Å². The summed E-state index contributed by atoms with van der Waals surface area (Å²) < 4.78 is 0. The lowest BCUT2D eigenvalue weighted by Crippen LogP contribution is -2.04. The number of benzene rings is 1. The average Bonchev–Trinajstić information content (AvgIpc) is 2.34. The lowest BCUT2D eigenvalue weighted by Gasteiger charge is -2.08. The van der Waals surface area contributed by atoms with E-state index in [4.69, 9.17) is 5.26 Å². The molecule has 88 valence electrons. The SMILES string of the molecule is C/C=C/CCNc1cc(C(C)=O)ccc1C#N. The second-order valence-electron chi connectivity index (χ2n) is 3.71. The Morgan fingerprint density at radius 3 is 2.88 bits per heavy atom. The van der Waals surface area contributed by atoms with Crippen LogP contribution in [0, 0.1) is 11.3 Å². The molecule has 0 radical (unpaired) electrons. The van der Waals surface area contributed by atoms with Gasteiger partial charge in [-0.25, -0.2) is 0 Å². The fraction of sp³-hybridized carbons (Fsp3) is 0.286. The van der Waals surface area contributed by atoms with Crippen molar-refractivity contribution in [1.29, 1.82) is 5.26 Å². The van der Waals surface area contributed by atoms with Crippen molar-refractivity contribution in [3.05, 3.63) is 41.5 Å². The van der Waals surface area contributed by atoms with Crippen LogP contribution >= 0.6 is 0 Å². The first kappa shape index (κ1) is 13.0. The van der Waals surface area contributed by atoms with Gasteiger partial charge in [-0.3, -0.25) is 4.79 Å². The normalized spacial score (nSPS) is 10.2. The highest BCUT2D eigenvalue weighted by molar-refractivity contribution is 5.95. The van der Waals surface area contributed by atoms with Gasteiger partial charge in [-0.2, -0.15) is 5.26 Å². The van der Waals surface area contributed by atoms with E-state index >= 15 is 0 Å². The number of carbonyl (C=O) groups is 1. The maximum absolute atomic E-state index is 11.3. The molecule has 0 unspecified atom stereocenters. The third-order valence-electron chi connectivity index (χ3n) is 2.41. The van der Waals surface area contributed by atoms with E-state index in [9.17, 15) is 4.79 Å². The van der Waals surface area contributed by atoms with Gasteiger partial charge in [0.2, 0.25) is 0 Å². The smallest absolute Gasteiger partial charge is 0.159 e. The van der Waals surface area contributed by atoms with E-state index < -0.39 is 0 Å². The predicted octanol–water partition coefficient (Wildman–Crippen LogP) is 3.14. The zero-order valence-corrected chi connectivity index (χ0v) is 10.2. The summed E-state index contributed by atoms with van der Waals surface area (Å²) in [4.78, 5) is 11.3. The van der Waals surface area contributed by atoms with Crippen molar-refractivity contribution >= 4 is 11.5 Å². The van der Waals surface area contributed by atoms with Gasteiger partial charge in [0.05, 0.1) is 11.3 Å². The summed E-state index contributed by atoms with van der Waals surface area (Å²) in [6.45, 7) is 4.24. The lowest BCUT2D eigenvalue weighted by atomic mass is 10.1. The monoisotopic (exact) mass is 228 g/mol. The lowest BCUT2D eigenvalue weighted by molar-refractivity contribution is 0.101. The summed E-state index contributed by atoms with van der Waals surface area (Å²) in [5, 5.41) is 12.1. The highest BCUT2D eigenvalue weighted by Gasteiger charge is 2.05. The Balaban J connectivity index is 2.84. The highest BCUT2D eigenvalue weighted by Crippen LogP contribution is 2.17. The van der Waals surface area contributed by atoms with Gasteiger partial charge in [0.25, 0.3) is 0 Å². The Morgan fingerprint density at radius 2 is 2.29 bits per heavy atom. The van der Waals surface area contributed by atoms with Crippen LogP contribution in [-0.2, 0) is 0 Å². The molecule has 1 aromatic rings. The molecule has 0 atom stereocenters. The molecule has 17 heavy (non-hydrogen) atoms. The van der Waals surface area contributed by atoms with E-state index in [1.165, 1.54) is 6.92 Å². The fourth-order valence-electron chi connectivity index (χ4n) is 1.46. The van der Waals surface area contributed by atoms with Crippen LogP contribution in [0.5, 0.6) is 0 Å². The van der Waals surface area contributed by atoms with Gasteiger partial charge in [-0.05, 0) is 38.5 Å². The van der Waals surface area contributed by atoms with Crippen molar-refractivity contribution in [3.8, 4) is 6.07 Å². The number of ketones is 1. The van der Waals surface area contributed by atoms with Crippen molar-refractivity contribution in [3.63, 3.8) is 0 Å². The summed E-state index contributed by atoms with van der Waals surface area (Å²) in [6, 6.07) is 7.20. The van der Waals surface area contributed by atoms with Crippen molar-refractivity contribution < 1.29 is 4.79 Å². The number of nitriles is 1. The number of nitrogens with one attached hydrogen (secondary N) is 1. The summed E-state index contributed by atoms with van der Waals surface area (Å²) in [5.41, 5.74) is 1.91. The van der Waals surface area contributed by atoms with E-state index in [1.807, 2.05) is 19.1 Å². The van der Waals surface area contributed by atoms with Gasteiger partial charge >= 0.3 is 0 Å². The molecule has 0 aromatic heterocycles. The summed E-state index contributed by atoms with van der Waals surface area (Å²) in [5.74, 6) is 0.00555. The van der Waals surface area contributed by atoms with Crippen LogP contribution in [0.25, 0.3) is 0 Å². The zero-order chi connectivity index (χ0) is 12.7. The molecule has 0 saturated heterocycles. The Bertz CT molecular complexity index is 470. The molecular formula is C14H16N2O. The fourth-order valence-corrected chi connectivity index (χ4v) is 1.46. The molecule has 0 aliphatic carbocycles. The molecule has 0 bridgehead atoms. The average molecular weight is 228 g/mol. The highest BCUT2D eigenvalue weighted by atomic mass is 16.1. The minimum atomic E-state index is 0.00555. The third-order valence-corrected chi connectivity index (χ3v) is 2.41. The number of carbonyl (C=O) groups excluding carboxylic acids is 1. The number of hydrogen-bond donors (Lipinski definition) is 1. The van der Waals surface area contributed by atoms with Crippen LogP contribution in [0.15, 0.2) is 30.4 Å². The molecule has 1 aromatic carbocycles. The molecule has 3 nitrogen and oxygen atoms in total. The van der Waals surface area contributed by atoms with Crippen LogP contribution in [-0.4, -0.2) is 12.3 Å². The summed E-state index contributed by atoms with van der Waals surface area (Å²) in [7, 11) is 0. The topological polar surface area (TPSA) is 52.9 Å². The number of allylic oxidation sites excluding steroid dienone is 1. The van der Waals surface area contributed by atoms with Gasteiger partial charge in [0.15, 0.2) is 5.78 Å². The van der Waals surface area contributed by atoms with Crippen molar-refractivity contribution in [2.75, 3.05) is 11.9 Å². The number of Topliss-reactive ketones (excluding diaryl/α,β-unsaturated/α-hetero) is 1. The van der Waals surface area contributed by atoms with Crippen LogP contribution in [0.2, 0.25) is 0 Å². The molecule has 0 spiro atoms. The zero-order valence-electron chi connectivity index (χ0n) is 10.2. The quantitative estimate of drug-likeness (QED) is 0.478. The Morgan fingerprint density at radius 1 is 1.53 bits per heavy atom. The molecule has 1 rings (SSSR count). The van der Waals surface area contributed by atoms with Gasteiger partial charge in [-0.15, -0.1) is 0 Å². The van der Waals surface area contributed by atoms with Gasteiger partial charge in [0.1, 0.15) is 6.07 Å². The second-order valence-corrected chi connectivity index (χ2v) is 3.71. The first-order valence-corrected chi connectivity index (χ1v) is 5.59.